The number of hydrogen-bond acceptors (Lipinski definition) is 2. The van der Waals surface area contributed by atoms with Crippen molar-refractivity contribution in [1.29, 1.82) is 0 Å². The lowest BCUT2D eigenvalue weighted by atomic mass is 10.2. The van der Waals surface area contributed by atoms with Gasteiger partial charge in [-0.25, -0.2) is 0 Å². The molecule has 15 heavy (non-hydrogen) atoms. The molecule has 0 heterocycles. The van der Waals surface area contributed by atoms with Crippen molar-refractivity contribution in [3.05, 3.63) is 34.3 Å². The molecule has 0 atom stereocenters. The number of carbonyl (C=O) groups is 1. The van der Waals surface area contributed by atoms with Crippen molar-refractivity contribution in [2.75, 3.05) is 6.29 Å². The number of nitrogens with one attached hydrogen (secondary N) is 1. The fraction of sp³-hybridized carbons (Fsp3) is 0.125. The molecule has 0 bridgehead atoms. The van der Waals surface area contributed by atoms with Crippen molar-refractivity contribution >= 4 is 29.4 Å². The first kappa shape index (κ1) is 12.4. The van der Waals surface area contributed by atoms with Gasteiger partial charge in [0.15, 0.2) is 0 Å². The Morgan fingerprint density at radius 3 is 2.33 bits per heavy atom. The number of amides is 1. The van der Waals surface area contributed by atoms with E-state index in [1.807, 2.05) is 0 Å². The molecule has 0 saturated heterocycles. The van der Waals surface area contributed by atoms with Crippen LogP contribution in [0, 0.1) is 0 Å². The van der Waals surface area contributed by atoms with Gasteiger partial charge in [0.1, 0.15) is 6.29 Å². The summed E-state index contributed by atoms with van der Waals surface area (Å²) < 4.78 is 11.3. The largest absolute Gasteiger partial charge is 0.344 e. The van der Waals surface area contributed by atoms with Gasteiger partial charge in [0.2, 0.25) is 0 Å². The third-order valence-electron chi connectivity index (χ3n) is 1.55. The summed E-state index contributed by atoms with van der Waals surface area (Å²) in [6.45, 7) is 0. The van der Waals surface area contributed by atoms with Gasteiger partial charge in [-0.05, 0) is 24.3 Å². The standard InChI is InChI=1S/C8H9BrNO4P/c9-7-3-1-6(2-4-7)8(11)10-5-15(12,13)14/h1-4H,5H2,(H,10,11)(H2,12,13,14). The lowest BCUT2D eigenvalue weighted by Gasteiger charge is -2.06. The Balaban J connectivity index is 2.62. The van der Waals surface area contributed by atoms with E-state index in [1.165, 1.54) is 0 Å². The summed E-state index contributed by atoms with van der Waals surface area (Å²) in [6, 6.07) is 6.46. The molecule has 0 saturated carbocycles. The topological polar surface area (TPSA) is 86.6 Å². The Labute approximate surface area is 94.8 Å². The van der Waals surface area contributed by atoms with Crippen LogP contribution in [-0.2, 0) is 4.57 Å². The minimum atomic E-state index is -4.19. The summed E-state index contributed by atoms with van der Waals surface area (Å²) in [5.74, 6) is -0.508. The van der Waals surface area contributed by atoms with Crippen LogP contribution in [0.1, 0.15) is 10.4 Å². The van der Waals surface area contributed by atoms with Crippen LogP contribution in [0.4, 0.5) is 0 Å². The van der Waals surface area contributed by atoms with E-state index in [4.69, 9.17) is 9.79 Å². The minimum Gasteiger partial charge on any atom is -0.340 e. The molecule has 82 valence electrons. The average molecular weight is 294 g/mol. The van der Waals surface area contributed by atoms with Crippen molar-refractivity contribution in [2.24, 2.45) is 0 Å². The Hall–Kier alpha value is -0.680. The Bertz CT molecular complexity index is 400. The van der Waals surface area contributed by atoms with Crippen molar-refractivity contribution in [3.63, 3.8) is 0 Å². The van der Waals surface area contributed by atoms with Crippen LogP contribution in [0.15, 0.2) is 28.7 Å². The van der Waals surface area contributed by atoms with E-state index in [-0.39, 0.29) is 0 Å². The first-order valence-corrected chi connectivity index (χ1v) is 6.56. The highest BCUT2D eigenvalue weighted by atomic mass is 79.9. The van der Waals surface area contributed by atoms with Gasteiger partial charge in [0, 0.05) is 10.0 Å². The van der Waals surface area contributed by atoms with Gasteiger partial charge in [-0.2, -0.15) is 0 Å². The van der Waals surface area contributed by atoms with Crippen LogP contribution in [0.25, 0.3) is 0 Å². The number of rotatable bonds is 3. The van der Waals surface area contributed by atoms with Gasteiger partial charge in [-0.15, -0.1) is 0 Å². The maximum absolute atomic E-state index is 11.3. The monoisotopic (exact) mass is 293 g/mol. The summed E-state index contributed by atoms with van der Waals surface area (Å²) in [5.41, 5.74) is 0.353. The Morgan fingerprint density at radius 2 is 1.87 bits per heavy atom. The minimum absolute atomic E-state index is 0.353. The fourth-order valence-electron chi connectivity index (χ4n) is 0.878. The number of halogens is 1. The highest BCUT2D eigenvalue weighted by molar-refractivity contribution is 9.10. The predicted octanol–water partition coefficient (Wildman–Crippen LogP) is 1.31. The van der Waals surface area contributed by atoms with Gasteiger partial charge in [-0.3, -0.25) is 9.36 Å². The van der Waals surface area contributed by atoms with E-state index in [0.29, 0.717) is 5.56 Å². The number of carbonyl (C=O) groups excluding carboxylic acids is 1. The smallest absolute Gasteiger partial charge is 0.340 e. The molecule has 0 aliphatic heterocycles. The van der Waals surface area contributed by atoms with E-state index in [1.54, 1.807) is 24.3 Å². The molecule has 0 unspecified atom stereocenters. The van der Waals surface area contributed by atoms with Crippen molar-refractivity contribution < 1.29 is 19.1 Å². The maximum Gasteiger partial charge on any atom is 0.344 e. The van der Waals surface area contributed by atoms with Crippen LogP contribution in [0.5, 0.6) is 0 Å². The summed E-state index contributed by atoms with van der Waals surface area (Å²) in [4.78, 5) is 28.4. The first-order valence-electron chi connectivity index (χ1n) is 3.97. The van der Waals surface area contributed by atoms with Gasteiger partial charge in [0.25, 0.3) is 5.91 Å². The normalized spacial score (nSPS) is 11.1. The molecule has 1 amide bonds. The van der Waals surface area contributed by atoms with E-state index in [0.717, 1.165) is 4.47 Å². The zero-order valence-electron chi connectivity index (χ0n) is 7.55. The van der Waals surface area contributed by atoms with Gasteiger partial charge < -0.3 is 15.1 Å². The highest BCUT2D eigenvalue weighted by Crippen LogP contribution is 2.32. The lowest BCUT2D eigenvalue weighted by Crippen LogP contribution is -2.24. The summed E-state index contributed by atoms with van der Waals surface area (Å²) in [6.07, 6.45) is -0.651. The molecule has 5 nitrogen and oxygen atoms in total. The van der Waals surface area contributed by atoms with Crippen LogP contribution in [0.2, 0.25) is 0 Å². The Morgan fingerprint density at radius 1 is 1.33 bits per heavy atom. The van der Waals surface area contributed by atoms with E-state index in [9.17, 15) is 9.36 Å². The predicted molar refractivity (Wildman–Crippen MR) is 58.5 cm³/mol. The van der Waals surface area contributed by atoms with Gasteiger partial charge in [0.05, 0.1) is 0 Å². The quantitative estimate of drug-likeness (QED) is 0.734. The number of hydrogen-bond donors (Lipinski definition) is 3. The molecule has 0 radical (unpaired) electrons. The molecule has 0 fully saturated rings. The summed E-state index contributed by atoms with van der Waals surface area (Å²) >= 11 is 3.21. The second-order valence-electron chi connectivity index (χ2n) is 2.84. The van der Waals surface area contributed by atoms with E-state index < -0.39 is 19.8 Å². The first-order chi connectivity index (χ1) is 6.88. The molecule has 0 spiro atoms. The fourth-order valence-corrected chi connectivity index (χ4v) is 1.49. The van der Waals surface area contributed by atoms with Crippen molar-refractivity contribution in [3.8, 4) is 0 Å². The van der Waals surface area contributed by atoms with Crippen molar-refractivity contribution in [1.82, 2.24) is 5.32 Å². The van der Waals surface area contributed by atoms with Crippen LogP contribution in [0.3, 0.4) is 0 Å². The SMILES string of the molecule is O=C(NCP(=O)(O)O)c1ccc(Br)cc1. The van der Waals surface area contributed by atoms with Crippen LogP contribution in [-0.4, -0.2) is 22.0 Å². The zero-order valence-corrected chi connectivity index (χ0v) is 10.0. The third-order valence-corrected chi connectivity index (χ3v) is 2.65. The van der Waals surface area contributed by atoms with Crippen LogP contribution < -0.4 is 5.32 Å². The maximum atomic E-state index is 11.3. The van der Waals surface area contributed by atoms with E-state index in [2.05, 4.69) is 21.2 Å². The third kappa shape index (κ3) is 4.57. The number of benzene rings is 1. The average Bonchev–Trinajstić information content (AvgIpc) is 2.14. The molecule has 3 N–H and O–H groups in total. The molecular weight excluding hydrogens is 285 g/mol. The molecule has 7 heteroatoms. The van der Waals surface area contributed by atoms with Gasteiger partial charge in [-0.1, -0.05) is 15.9 Å². The summed E-state index contributed by atoms with van der Waals surface area (Å²) in [5, 5.41) is 2.14. The molecule has 0 aliphatic rings. The molecular formula is C8H9BrNO4P. The summed E-state index contributed by atoms with van der Waals surface area (Å²) in [7, 11) is -4.19. The van der Waals surface area contributed by atoms with Gasteiger partial charge >= 0.3 is 7.60 Å². The lowest BCUT2D eigenvalue weighted by molar-refractivity contribution is 0.0957. The van der Waals surface area contributed by atoms with Crippen LogP contribution >= 0.6 is 23.5 Å². The zero-order chi connectivity index (χ0) is 11.5. The van der Waals surface area contributed by atoms with E-state index >= 15 is 0 Å². The molecule has 0 aromatic heterocycles. The Kier molecular flexibility index (Phi) is 4.04. The molecule has 1 aromatic rings. The second kappa shape index (κ2) is 4.90. The molecule has 1 aromatic carbocycles. The second-order valence-corrected chi connectivity index (χ2v) is 5.40. The highest BCUT2D eigenvalue weighted by Gasteiger charge is 2.14. The molecule has 1 rings (SSSR count). The van der Waals surface area contributed by atoms with Crippen molar-refractivity contribution in [2.45, 2.75) is 0 Å². The molecule has 0 aliphatic carbocycles.